The lowest BCUT2D eigenvalue weighted by Gasteiger charge is -2.16. The van der Waals surface area contributed by atoms with Crippen LogP contribution in [-0.4, -0.2) is 14.4 Å². The third-order valence-electron chi connectivity index (χ3n) is 8.59. The number of hydrogen-bond donors (Lipinski definition) is 0. The molecular formula is C40H25N3. The van der Waals surface area contributed by atoms with E-state index in [1.165, 1.54) is 37.7 Å². The molecule has 0 atom stereocenters. The Morgan fingerprint density at radius 3 is 1.81 bits per heavy atom. The lowest BCUT2D eigenvalue weighted by Crippen LogP contribution is -1.93. The third-order valence-corrected chi connectivity index (χ3v) is 8.59. The summed E-state index contributed by atoms with van der Waals surface area (Å²) in [6.45, 7) is 0. The van der Waals surface area contributed by atoms with Crippen LogP contribution in [0.5, 0.6) is 0 Å². The van der Waals surface area contributed by atoms with Gasteiger partial charge in [-0.05, 0) is 56.9 Å². The van der Waals surface area contributed by atoms with Gasteiger partial charge in [-0.2, -0.15) is 0 Å². The summed E-state index contributed by atoms with van der Waals surface area (Å²) in [6.07, 6.45) is 4.11. The second-order valence-corrected chi connectivity index (χ2v) is 11.1. The van der Waals surface area contributed by atoms with Crippen molar-refractivity contribution < 1.29 is 0 Å². The second-order valence-electron chi connectivity index (χ2n) is 11.1. The van der Waals surface area contributed by atoms with Crippen molar-refractivity contribution in [3.63, 3.8) is 0 Å². The Labute approximate surface area is 248 Å². The molecule has 200 valence electrons. The molecule has 0 saturated heterocycles. The molecule has 0 fully saturated rings. The number of para-hydroxylation sites is 1. The molecule has 6 aromatic carbocycles. The molecule has 9 aromatic rings. The molecule has 0 saturated carbocycles. The van der Waals surface area contributed by atoms with Gasteiger partial charge >= 0.3 is 0 Å². The first-order chi connectivity index (χ1) is 21.3. The SMILES string of the molecule is c1cc(-c2ccc(-c3cn4ccccc4n3)cc2)cc(-c2nc3ccccc3c3c4ccccc4c4ccccc4c23)c1. The molecule has 3 aromatic heterocycles. The molecule has 9 rings (SSSR count). The number of benzene rings is 6. The normalized spacial score (nSPS) is 11.7. The zero-order valence-corrected chi connectivity index (χ0v) is 23.3. The van der Waals surface area contributed by atoms with Gasteiger partial charge in [-0.15, -0.1) is 0 Å². The van der Waals surface area contributed by atoms with E-state index in [9.17, 15) is 0 Å². The minimum absolute atomic E-state index is 0.949. The van der Waals surface area contributed by atoms with Gasteiger partial charge in [0.05, 0.1) is 16.9 Å². The Kier molecular flexibility index (Phi) is 5.20. The van der Waals surface area contributed by atoms with Gasteiger partial charge in [-0.3, -0.25) is 0 Å². The molecule has 0 bridgehead atoms. The van der Waals surface area contributed by atoms with E-state index in [2.05, 4.69) is 132 Å². The average Bonchev–Trinajstić information content (AvgIpc) is 3.52. The molecular weight excluding hydrogens is 522 g/mol. The highest BCUT2D eigenvalue weighted by molar-refractivity contribution is 6.33. The van der Waals surface area contributed by atoms with Crippen LogP contribution in [-0.2, 0) is 0 Å². The first-order valence-electron chi connectivity index (χ1n) is 14.6. The molecule has 0 aliphatic heterocycles. The maximum absolute atomic E-state index is 5.33. The Morgan fingerprint density at radius 1 is 0.419 bits per heavy atom. The van der Waals surface area contributed by atoms with Crippen molar-refractivity contribution in [1.82, 2.24) is 14.4 Å². The summed E-state index contributed by atoms with van der Waals surface area (Å²) in [5, 5.41) is 8.66. The maximum atomic E-state index is 5.33. The summed E-state index contributed by atoms with van der Waals surface area (Å²) in [7, 11) is 0. The zero-order valence-electron chi connectivity index (χ0n) is 23.3. The Balaban J connectivity index is 1.25. The van der Waals surface area contributed by atoms with Gasteiger partial charge < -0.3 is 4.40 Å². The van der Waals surface area contributed by atoms with E-state index in [0.29, 0.717) is 0 Å². The van der Waals surface area contributed by atoms with E-state index < -0.39 is 0 Å². The van der Waals surface area contributed by atoms with E-state index in [1.54, 1.807) is 0 Å². The molecule has 3 heteroatoms. The fraction of sp³-hybridized carbons (Fsp3) is 0. The van der Waals surface area contributed by atoms with Gasteiger partial charge in [0, 0.05) is 39.7 Å². The molecule has 0 amide bonds. The van der Waals surface area contributed by atoms with Gasteiger partial charge in [0.15, 0.2) is 0 Å². The predicted molar refractivity (Wildman–Crippen MR) is 179 cm³/mol. The lowest BCUT2D eigenvalue weighted by molar-refractivity contribution is 1.19. The Hall–Kier alpha value is -5.80. The van der Waals surface area contributed by atoms with Crippen LogP contribution in [0, 0.1) is 0 Å². The predicted octanol–water partition coefficient (Wildman–Crippen LogP) is 10.3. The summed E-state index contributed by atoms with van der Waals surface area (Å²) in [4.78, 5) is 10.1. The van der Waals surface area contributed by atoms with Crippen LogP contribution < -0.4 is 0 Å². The molecule has 0 N–H and O–H groups in total. The monoisotopic (exact) mass is 547 g/mol. The van der Waals surface area contributed by atoms with Gasteiger partial charge in [0.2, 0.25) is 0 Å². The number of aromatic nitrogens is 3. The van der Waals surface area contributed by atoms with Crippen molar-refractivity contribution >= 4 is 48.9 Å². The zero-order chi connectivity index (χ0) is 28.3. The van der Waals surface area contributed by atoms with Gasteiger partial charge in [-0.25, -0.2) is 9.97 Å². The van der Waals surface area contributed by atoms with Crippen molar-refractivity contribution in [2.45, 2.75) is 0 Å². The van der Waals surface area contributed by atoms with Crippen LogP contribution in [0.2, 0.25) is 0 Å². The van der Waals surface area contributed by atoms with E-state index in [0.717, 1.165) is 44.8 Å². The molecule has 43 heavy (non-hydrogen) atoms. The number of pyridine rings is 2. The number of hydrogen-bond acceptors (Lipinski definition) is 2. The summed E-state index contributed by atoms with van der Waals surface area (Å²) in [5.74, 6) is 0. The topological polar surface area (TPSA) is 30.2 Å². The quantitative estimate of drug-likeness (QED) is 0.206. The number of fused-ring (bicyclic) bond motifs is 9. The number of imidazole rings is 1. The van der Waals surface area contributed by atoms with E-state index in [-0.39, 0.29) is 0 Å². The lowest BCUT2D eigenvalue weighted by atomic mass is 9.89. The average molecular weight is 548 g/mol. The summed E-state index contributed by atoms with van der Waals surface area (Å²) < 4.78 is 2.06. The highest BCUT2D eigenvalue weighted by Gasteiger charge is 2.17. The van der Waals surface area contributed by atoms with E-state index in [4.69, 9.17) is 9.97 Å². The summed E-state index contributed by atoms with van der Waals surface area (Å²) in [6, 6.07) is 49.6. The minimum atomic E-state index is 0.949. The van der Waals surface area contributed by atoms with Crippen LogP contribution in [0.1, 0.15) is 0 Å². The van der Waals surface area contributed by atoms with Crippen LogP contribution in [0.25, 0.3) is 82.5 Å². The van der Waals surface area contributed by atoms with Crippen LogP contribution >= 0.6 is 0 Å². The van der Waals surface area contributed by atoms with Crippen molar-refractivity contribution in [3.05, 3.63) is 152 Å². The first-order valence-corrected chi connectivity index (χ1v) is 14.6. The van der Waals surface area contributed by atoms with E-state index in [1.807, 2.05) is 24.4 Å². The van der Waals surface area contributed by atoms with E-state index >= 15 is 0 Å². The largest absolute Gasteiger partial charge is 0.306 e. The van der Waals surface area contributed by atoms with Gasteiger partial charge in [0.1, 0.15) is 5.65 Å². The molecule has 3 heterocycles. The molecule has 3 nitrogen and oxygen atoms in total. The Morgan fingerprint density at radius 2 is 1.05 bits per heavy atom. The van der Waals surface area contributed by atoms with Crippen LogP contribution in [0.4, 0.5) is 0 Å². The van der Waals surface area contributed by atoms with Gasteiger partial charge in [-0.1, -0.05) is 115 Å². The second kappa shape index (κ2) is 9.37. The van der Waals surface area contributed by atoms with Crippen LogP contribution in [0.15, 0.2) is 152 Å². The van der Waals surface area contributed by atoms with Crippen molar-refractivity contribution in [2.24, 2.45) is 0 Å². The highest BCUT2D eigenvalue weighted by Crippen LogP contribution is 2.43. The number of rotatable bonds is 3. The molecule has 0 spiro atoms. The van der Waals surface area contributed by atoms with Crippen molar-refractivity contribution in [3.8, 4) is 33.6 Å². The van der Waals surface area contributed by atoms with Crippen molar-refractivity contribution in [1.29, 1.82) is 0 Å². The summed E-state index contributed by atoms with van der Waals surface area (Å²) in [5.41, 5.74) is 8.47. The third kappa shape index (κ3) is 3.75. The molecule has 0 unspecified atom stereocenters. The first kappa shape index (κ1) is 23.9. The Bertz CT molecular complexity index is 2470. The minimum Gasteiger partial charge on any atom is -0.306 e. The molecule has 0 aliphatic rings. The number of nitrogens with zero attached hydrogens (tertiary/aromatic N) is 3. The molecule has 0 radical (unpaired) electrons. The van der Waals surface area contributed by atoms with Crippen LogP contribution in [0.3, 0.4) is 0 Å². The smallest absolute Gasteiger partial charge is 0.137 e. The van der Waals surface area contributed by atoms with Crippen molar-refractivity contribution in [2.75, 3.05) is 0 Å². The fourth-order valence-electron chi connectivity index (χ4n) is 6.59. The maximum Gasteiger partial charge on any atom is 0.137 e. The fourth-order valence-corrected chi connectivity index (χ4v) is 6.59. The van der Waals surface area contributed by atoms with Gasteiger partial charge in [0.25, 0.3) is 0 Å². The molecule has 0 aliphatic carbocycles. The standard InChI is InChI=1S/C40H25N3/c1-3-14-32-30(12-1)31-13-2-4-15-33(31)39-38(32)34-16-5-6-17-35(34)42-40(39)29-11-9-10-28(24-29)26-19-21-27(22-20-26)36-25-43-23-8-7-18-37(43)41-36/h1-25H. The summed E-state index contributed by atoms with van der Waals surface area (Å²) >= 11 is 0. The highest BCUT2D eigenvalue weighted by atomic mass is 15.0.